The molecule has 1 heterocycles. The van der Waals surface area contributed by atoms with E-state index in [-0.39, 0.29) is 5.91 Å². The lowest BCUT2D eigenvalue weighted by molar-refractivity contribution is 0.0937. The lowest BCUT2D eigenvalue weighted by atomic mass is 9.82. The molecule has 0 saturated heterocycles. The van der Waals surface area contributed by atoms with Crippen LogP contribution in [0, 0.1) is 17.3 Å². The Morgan fingerprint density at radius 1 is 1.30 bits per heavy atom. The molecule has 0 spiro atoms. The van der Waals surface area contributed by atoms with Gasteiger partial charge in [0.1, 0.15) is 0 Å². The first kappa shape index (κ1) is 19.6. The van der Waals surface area contributed by atoms with Crippen molar-refractivity contribution in [1.29, 1.82) is 0 Å². The van der Waals surface area contributed by atoms with Gasteiger partial charge in [-0.05, 0) is 60.8 Å². The Kier molecular flexibility index (Phi) is 5.98. The molecule has 1 N–H and O–H groups in total. The average molecular weight is 370 g/mol. The van der Waals surface area contributed by atoms with Gasteiger partial charge in [0.05, 0.1) is 0 Å². The van der Waals surface area contributed by atoms with Gasteiger partial charge in [-0.2, -0.15) is 4.98 Å². The molecule has 0 radical (unpaired) electrons. The zero-order valence-corrected chi connectivity index (χ0v) is 16.9. The zero-order valence-electron chi connectivity index (χ0n) is 16.9. The molecular formula is C22H31N3O2. The number of carbonyl (C=O) groups is 1. The SMILES string of the molecule is CC(C)CCc1noc(-c2ccc(C(=O)NCC3CCCC3(C)C)cc2)n1. The largest absolute Gasteiger partial charge is 0.352 e. The Balaban J connectivity index is 1.57. The maximum atomic E-state index is 12.5. The highest BCUT2D eigenvalue weighted by Crippen LogP contribution is 2.42. The molecular weight excluding hydrogens is 338 g/mol. The van der Waals surface area contributed by atoms with Gasteiger partial charge in [0, 0.05) is 24.1 Å². The summed E-state index contributed by atoms with van der Waals surface area (Å²) >= 11 is 0. The summed E-state index contributed by atoms with van der Waals surface area (Å²) in [7, 11) is 0. The number of aromatic nitrogens is 2. The van der Waals surface area contributed by atoms with Crippen molar-refractivity contribution >= 4 is 5.91 Å². The summed E-state index contributed by atoms with van der Waals surface area (Å²) in [5, 5.41) is 7.14. The third-order valence-corrected chi connectivity index (χ3v) is 5.80. The highest BCUT2D eigenvalue weighted by molar-refractivity contribution is 5.94. The number of nitrogens with one attached hydrogen (secondary N) is 1. The molecule has 1 aromatic carbocycles. The van der Waals surface area contributed by atoms with Crippen LogP contribution in [0.2, 0.25) is 0 Å². The predicted octanol–water partition coefficient (Wildman–Crippen LogP) is 4.88. The standard InChI is InChI=1S/C22H31N3O2/c1-15(2)7-12-19-24-21(27-25-19)17-10-8-16(9-11-17)20(26)23-14-18-6-5-13-22(18,3)4/h8-11,15,18H,5-7,12-14H2,1-4H3,(H,23,26). The number of amides is 1. The lowest BCUT2D eigenvalue weighted by Crippen LogP contribution is -2.33. The van der Waals surface area contributed by atoms with Crippen LogP contribution in [0.4, 0.5) is 0 Å². The quantitative estimate of drug-likeness (QED) is 0.755. The van der Waals surface area contributed by atoms with Gasteiger partial charge in [-0.3, -0.25) is 4.79 Å². The number of rotatable bonds is 7. The zero-order chi connectivity index (χ0) is 19.4. The molecule has 3 rings (SSSR count). The number of nitrogens with zero attached hydrogens (tertiary/aromatic N) is 2. The Bertz CT molecular complexity index is 762. The Morgan fingerprint density at radius 2 is 2.04 bits per heavy atom. The van der Waals surface area contributed by atoms with Crippen molar-refractivity contribution in [3.8, 4) is 11.5 Å². The van der Waals surface area contributed by atoms with E-state index in [9.17, 15) is 4.79 Å². The second-order valence-electron chi connectivity index (χ2n) is 8.81. The maximum Gasteiger partial charge on any atom is 0.257 e. The molecule has 27 heavy (non-hydrogen) atoms. The van der Waals surface area contributed by atoms with Gasteiger partial charge in [-0.15, -0.1) is 0 Å². The smallest absolute Gasteiger partial charge is 0.257 e. The fraction of sp³-hybridized carbons (Fsp3) is 0.591. The molecule has 0 aliphatic heterocycles. The lowest BCUT2D eigenvalue weighted by Gasteiger charge is -2.27. The monoisotopic (exact) mass is 369 g/mol. The van der Waals surface area contributed by atoms with Crippen molar-refractivity contribution in [2.75, 3.05) is 6.54 Å². The van der Waals surface area contributed by atoms with Crippen LogP contribution in [0.1, 0.15) is 69.6 Å². The first-order valence-corrected chi connectivity index (χ1v) is 10.1. The fourth-order valence-corrected chi connectivity index (χ4v) is 3.75. The molecule has 1 amide bonds. The van der Waals surface area contributed by atoms with Crippen LogP contribution in [0.25, 0.3) is 11.5 Å². The Labute approximate surface area is 161 Å². The fourth-order valence-electron chi connectivity index (χ4n) is 3.75. The van der Waals surface area contributed by atoms with E-state index in [1.165, 1.54) is 19.3 Å². The molecule has 1 aliphatic carbocycles. The van der Waals surface area contributed by atoms with Gasteiger partial charge in [0.25, 0.3) is 11.8 Å². The molecule has 1 unspecified atom stereocenters. The number of hydrogen-bond donors (Lipinski definition) is 1. The highest BCUT2D eigenvalue weighted by atomic mass is 16.5. The van der Waals surface area contributed by atoms with Crippen LogP contribution in [0.5, 0.6) is 0 Å². The van der Waals surface area contributed by atoms with Crippen LogP contribution < -0.4 is 5.32 Å². The van der Waals surface area contributed by atoms with Gasteiger partial charge in [-0.25, -0.2) is 0 Å². The molecule has 1 atom stereocenters. The van der Waals surface area contributed by atoms with Gasteiger partial charge in [-0.1, -0.05) is 39.3 Å². The number of benzene rings is 1. The van der Waals surface area contributed by atoms with Crippen LogP contribution in [0.3, 0.4) is 0 Å². The third-order valence-electron chi connectivity index (χ3n) is 5.80. The molecule has 146 valence electrons. The number of aryl methyl sites for hydroxylation is 1. The normalized spacial score (nSPS) is 18.8. The minimum Gasteiger partial charge on any atom is -0.352 e. The van der Waals surface area contributed by atoms with Crippen molar-refractivity contribution in [3.05, 3.63) is 35.7 Å². The van der Waals surface area contributed by atoms with Gasteiger partial charge in [0.15, 0.2) is 5.82 Å². The molecule has 5 heteroatoms. The minimum atomic E-state index is -0.0209. The van der Waals surface area contributed by atoms with Gasteiger partial charge < -0.3 is 9.84 Å². The predicted molar refractivity (Wildman–Crippen MR) is 106 cm³/mol. The summed E-state index contributed by atoms with van der Waals surface area (Å²) in [5.74, 6) is 2.39. The third kappa shape index (κ3) is 4.96. The van der Waals surface area contributed by atoms with Crippen molar-refractivity contribution in [3.63, 3.8) is 0 Å². The van der Waals surface area contributed by atoms with Crippen molar-refractivity contribution in [1.82, 2.24) is 15.5 Å². The van der Waals surface area contributed by atoms with Gasteiger partial charge >= 0.3 is 0 Å². The summed E-state index contributed by atoms with van der Waals surface area (Å²) in [6.45, 7) is 9.70. The molecule has 1 aromatic heterocycles. The van der Waals surface area contributed by atoms with Gasteiger partial charge in [0.2, 0.25) is 0 Å². The molecule has 0 bridgehead atoms. The maximum absolute atomic E-state index is 12.5. The molecule has 2 aromatic rings. The second kappa shape index (κ2) is 8.24. The molecule has 1 saturated carbocycles. The second-order valence-corrected chi connectivity index (χ2v) is 8.81. The van der Waals surface area contributed by atoms with E-state index in [4.69, 9.17) is 4.52 Å². The highest BCUT2D eigenvalue weighted by Gasteiger charge is 2.34. The summed E-state index contributed by atoms with van der Waals surface area (Å²) in [4.78, 5) is 16.9. The van der Waals surface area contributed by atoms with Crippen LogP contribution in [0.15, 0.2) is 28.8 Å². The number of hydrogen-bond acceptors (Lipinski definition) is 4. The molecule has 1 fully saturated rings. The van der Waals surface area contributed by atoms with E-state index in [0.717, 1.165) is 30.8 Å². The minimum absolute atomic E-state index is 0.0209. The average Bonchev–Trinajstić information content (AvgIpc) is 3.24. The van der Waals surface area contributed by atoms with Crippen molar-refractivity contribution < 1.29 is 9.32 Å². The topological polar surface area (TPSA) is 68.0 Å². The summed E-state index contributed by atoms with van der Waals surface area (Å²) in [6.07, 6.45) is 5.55. The van der Waals surface area contributed by atoms with E-state index in [0.29, 0.717) is 28.7 Å². The first-order valence-electron chi connectivity index (χ1n) is 10.1. The van der Waals surface area contributed by atoms with Crippen LogP contribution in [-0.4, -0.2) is 22.6 Å². The van der Waals surface area contributed by atoms with E-state index in [1.807, 2.05) is 24.3 Å². The number of carbonyl (C=O) groups excluding carboxylic acids is 1. The van der Waals surface area contributed by atoms with Crippen molar-refractivity contribution in [2.24, 2.45) is 17.3 Å². The Hall–Kier alpha value is -2.17. The van der Waals surface area contributed by atoms with Crippen LogP contribution >= 0.6 is 0 Å². The summed E-state index contributed by atoms with van der Waals surface area (Å²) in [5.41, 5.74) is 1.82. The summed E-state index contributed by atoms with van der Waals surface area (Å²) in [6, 6.07) is 7.38. The van der Waals surface area contributed by atoms with E-state index in [2.05, 4.69) is 43.2 Å². The first-order chi connectivity index (χ1) is 12.8. The van der Waals surface area contributed by atoms with E-state index < -0.39 is 0 Å². The molecule has 5 nitrogen and oxygen atoms in total. The van der Waals surface area contributed by atoms with E-state index in [1.54, 1.807) is 0 Å². The van der Waals surface area contributed by atoms with E-state index >= 15 is 0 Å². The van der Waals surface area contributed by atoms with Crippen molar-refractivity contribution in [2.45, 2.75) is 59.8 Å². The van der Waals surface area contributed by atoms with Crippen LogP contribution in [-0.2, 0) is 6.42 Å². The summed E-state index contributed by atoms with van der Waals surface area (Å²) < 4.78 is 5.36. The Morgan fingerprint density at radius 3 is 2.67 bits per heavy atom. The molecule has 1 aliphatic rings.